The third kappa shape index (κ3) is 6.62. The maximum absolute atomic E-state index is 4.71. The zero-order chi connectivity index (χ0) is 24.6. The van der Waals surface area contributed by atoms with Crippen molar-refractivity contribution in [1.29, 1.82) is 0 Å². The first-order chi connectivity index (χ1) is 17.7. The van der Waals surface area contributed by atoms with Gasteiger partial charge in [-0.05, 0) is 103 Å². The molecule has 174 valence electrons. The first kappa shape index (κ1) is 23.4. The molecule has 0 aromatic heterocycles. The van der Waals surface area contributed by atoms with E-state index in [9.17, 15) is 0 Å². The van der Waals surface area contributed by atoms with E-state index in [1.54, 1.807) is 0 Å². The third-order valence-corrected chi connectivity index (χ3v) is 5.91. The van der Waals surface area contributed by atoms with Gasteiger partial charge in [-0.3, -0.25) is 4.99 Å². The van der Waals surface area contributed by atoms with Crippen LogP contribution in [-0.2, 0) is 0 Å². The molecule has 4 aromatic rings. The van der Waals surface area contributed by atoms with Gasteiger partial charge in [0, 0.05) is 22.1 Å². The van der Waals surface area contributed by atoms with Crippen molar-refractivity contribution in [2.45, 2.75) is 0 Å². The monoisotopic (exact) mass is 530 g/mol. The molecule has 0 fully saturated rings. The van der Waals surface area contributed by atoms with Crippen molar-refractivity contribution in [3.05, 3.63) is 137 Å². The predicted molar refractivity (Wildman–Crippen MR) is 156 cm³/mol. The van der Waals surface area contributed by atoms with Crippen LogP contribution in [0.4, 0.5) is 28.4 Å². The maximum atomic E-state index is 4.71. The molecule has 1 aliphatic carbocycles. The Hall–Kier alpha value is -4.35. The van der Waals surface area contributed by atoms with Crippen LogP contribution in [-0.4, -0.2) is 17.6 Å². The second-order valence-corrected chi connectivity index (χ2v) is 9.02. The van der Waals surface area contributed by atoms with E-state index in [0.29, 0.717) is 0 Å². The Morgan fingerprint density at radius 1 is 0.528 bits per heavy atom. The summed E-state index contributed by atoms with van der Waals surface area (Å²) >= 11 is 3.44. The second kappa shape index (κ2) is 11.4. The highest BCUT2D eigenvalue weighted by Gasteiger charge is 2.02. The topological polar surface area (TPSA) is 49.1 Å². The fourth-order valence-corrected chi connectivity index (χ4v) is 3.78. The van der Waals surface area contributed by atoms with Gasteiger partial charge in [0.05, 0.1) is 28.5 Å². The summed E-state index contributed by atoms with van der Waals surface area (Å²) in [4.78, 5) is 13.9. The molecule has 5 rings (SSSR count). The number of allylic oxidation sites excluding steroid dienone is 4. The number of hydrogen-bond donors (Lipinski definition) is 1. The largest absolute Gasteiger partial charge is 0.356 e. The number of benzene rings is 4. The molecule has 0 atom stereocenters. The molecular formula is C31H23BrN4. The number of hydrogen-bond acceptors (Lipinski definition) is 4. The maximum Gasteiger partial charge on any atom is 0.0638 e. The number of rotatable bonds is 6. The highest BCUT2D eigenvalue weighted by atomic mass is 79.9. The summed E-state index contributed by atoms with van der Waals surface area (Å²) in [7, 11) is 0. The van der Waals surface area contributed by atoms with Gasteiger partial charge in [0.25, 0.3) is 0 Å². The summed E-state index contributed by atoms with van der Waals surface area (Å²) in [6.45, 7) is 0. The number of nitrogens with one attached hydrogen (secondary N) is 1. The van der Waals surface area contributed by atoms with Gasteiger partial charge in [-0.25, -0.2) is 9.98 Å². The van der Waals surface area contributed by atoms with Crippen molar-refractivity contribution >= 4 is 62.0 Å². The van der Waals surface area contributed by atoms with Gasteiger partial charge in [0.1, 0.15) is 0 Å². The molecule has 0 radical (unpaired) electrons. The highest BCUT2D eigenvalue weighted by molar-refractivity contribution is 9.10. The van der Waals surface area contributed by atoms with Crippen molar-refractivity contribution in [1.82, 2.24) is 0 Å². The molecule has 0 amide bonds. The molecule has 0 bridgehead atoms. The summed E-state index contributed by atoms with van der Waals surface area (Å²) in [6, 6.07) is 34.1. The molecule has 0 unspecified atom stereocenters. The Bertz CT molecular complexity index is 1440. The summed E-state index contributed by atoms with van der Waals surface area (Å²) < 4.78 is 1.05. The zero-order valence-corrected chi connectivity index (χ0v) is 21.0. The van der Waals surface area contributed by atoms with Crippen LogP contribution >= 0.6 is 15.9 Å². The molecule has 5 heteroatoms. The first-order valence-corrected chi connectivity index (χ1v) is 12.3. The van der Waals surface area contributed by atoms with Crippen LogP contribution in [0.2, 0.25) is 0 Å². The quantitative estimate of drug-likeness (QED) is 0.196. The lowest BCUT2D eigenvalue weighted by atomic mass is 10.1. The van der Waals surface area contributed by atoms with E-state index in [2.05, 4.69) is 26.2 Å². The van der Waals surface area contributed by atoms with E-state index >= 15 is 0 Å². The molecule has 4 aromatic carbocycles. The van der Waals surface area contributed by atoms with Crippen molar-refractivity contribution < 1.29 is 0 Å². The Kier molecular flexibility index (Phi) is 7.40. The number of nitrogens with zero attached hydrogens (tertiary/aromatic N) is 3. The van der Waals surface area contributed by atoms with Crippen LogP contribution in [0, 0.1) is 0 Å². The lowest BCUT2D eigenvalue weighted by Crippen LogP contribution is -1.99. The average molecular weight is 531 g/mol. The molecule has 0 heterocycles. The Morgan fingerprint density at radius 2 is 1.03 bits per heavy atom. The lowest BCUT2D eigenvalue weighted by molar-refractivity contribution is 1.47. The smallest absolute Gasteiger partial charge is 0.0638 e. The Morgan fingerprint density at radius 3 is 1.61 bits per heavy atom. The minimum absolute atomic E-state index is 0.877. The van der Waals surface area contributed by atoms with Crippen LogP contribution in [0.5, 0.6) is 0 Å². The fraction of sp³-hybridized carbons (Fsp3) is 0. The Balaban J connectivity index is 1.19. The first-order valence-electron chi connectivity index (χ1n) is 11.6. The summed E-state index contributed by atoms with van der Waals surface area (Å²) in [5.74, 6) is 0. The van der Waals surface area contributed by atoms with E-state index in [0.717, 1.165) is 49.9 Å². The summed E-state index contributed by atoms with van der Waals surface area (Å²) in [6.07, 6.45) is 9.76. The van der Waals surface area contributed by atoms with Crippen molar-refractivity contribution in [3.8, 4) is 0 Å². The average Bonchev–Trinajstić information content (AvgIpc) is 2.92. The minimum atomic E-state index is 0.877. The standard InChI is InChI=1S/C31H23BrN4/c32-24-8-6-23(7-9-24)22-33-25-10-12-27(13-11-25)35-29-18-20-31(21-19-29)36-30-16-14-28(15-17-30)34-26-4-2-1-3-5-26/h1-22,34H. The van der Waals surface area contributed by atoms with Crippen LogP contribution in [0.3, 0.4) is 0 Å². The minimum Gasteiger partial charge on any atom is -0.356 e. The molecule has 0 spiro atoms. The van der Waals surface area contributed by atoms with E-state index < -0.39 is 0 Å². The third-order valence-electron chi connectivity index (χ3n) is 5.38. The molecule has 0 saturated heterocycles. The van der Waals surface area contributed by atoms with Gasteiger partial charge in [0.2, 0.25) is 0 Å². The highest BCUT2D eigenvalue weighted by Crippen LogP contribution is 2.22. The van der Waals surface area contributed by atoms with Gasteiger partial charge < -0.3 is 5.32 Å². The van der Waals surface area contributed by atoms with Gasteiger partial charge >= 0.3 is 0 Å². The van der Waals surface area contributed by atoms with Gasteiger partial charge in [0.15, 0.2) is 0 Å². The summed E-state index contributed by atoms with van der Waals surface area (Å²) in [5.41, 5.74) is 7.57. The number of para-hydroxylation sites is 1. The van der Waals surface area contributed by atoms with E-state index in [-0.39, 0.29) is 0 Å². The van der Waals surface area contributed by atoms with Gasteiger partial charge in [-0.1, -0.05) is 46.3 Å². The molecule has 1 N–H and O–H groups in total. The predicted octanol–water partition coefficient (Wildman–Crippen LogP) is 8.91. The van der Waals surface area contributed by atoms with Crippen LogP contribution < -0.4 is 5.32 Å². The van der Waals surface area contributed by atoms with Crippen molar-refractivity contribution in [3.63, 3.8) is 0 Å². The molecule has 0 aliphatic heterocycles. The lowest BCUT2D eigenvalue weighted by Gasteiger charge is -2.07. The molecule has 1 aliphatic rings. The van der Waals surface area contributed by atoms with Crippen molar-refractivity contribution in [2.75, 3.05) is 5.32 Å². The molecular weight excluding hydrogens is 508 g/mol. The normalized spacial score (nSPS) is 12.7. The van der Waals surface area contributed by atoms with E-state index in [4.69, 9.17) is 9.98 Å². The van der Waals surface area contributed by atoms with Crippen LogP contribution in [0.15, 0.2) is 147 Å². The van der Waals surface area contributed by atoms with Crippen molar-refractivity contribution in [2.24, 2.45) is 15.0 Å². The van der Waals surface area contributed by atoms with Crippen LogP contribution in [0.1, 0.15) is 5.56 Å². The summed E-state index contributed by atoms with van der Waals surface area (Å²) in [5, 5.41) is 3.38. The van der Waals surface area contributed by atoms with E-state index in [1.807, 2.05) is 134 Å². The number of halogens is 1. The molecule has 0 saturated carbocycles. The fourth-order valence-electron chi connectivity index (χ4n) is 3.52. The second-order valence-electron chi connectivity index (χ2n) is 8.10. The zero-order valence-electron chi connectivity index (χ0n) is 19.4. The number of aliphatic imine (C=N–C) groups is 3. The van der Waals surface area contributed by atoms with Crippen LogP contribution in [0.25, 0.3) is 0 Å². The SMILES string of the molecule is Brc1ccc(C=Nc2ccc(N=C3C=CC(=Nc4ccc(Nc5ccccc5)cc4)C=C3)cc2)cc1. The number of anilines is 2. The van der Waals surface area contributed by atoms with Gasteiger partial charge in [-0.15, -0.1) is 0 Å². The Labute approximate surface area is 219 Å². The van der Waals surface area contributed by atoms with Gasteiger partial charge in [-0.2, -0.15) is 0 Å². The molecule has 4 nitrogen and oxygen atoms in total. The molecule has 36 heavy (non-hydrogen) atoms. The van der Waals surface area contributed by atoms with E-state index in [1.165, 1.54) is 0 Å².